The molecule has 1 aromatic carbocycles. The van der Waals surface area contributed by atoms with Crippen LogP contribution in [0.4, 0.5) is 5.69 Å². The molecule has 0 aliphatic rings. The maximum Gasteiger partial charge on any atom is 0.256 e. The van der Waals surface area contributed by atoms with Crippen molar-refractivity contribution >= 4 is 11.6 Å². The first kappa shape index (κ1) is 12.8. The monoisotopic (exact) mass is 252 g/mol. The zero-order valence-electron chi connectivity index (χ0n) is 10.1. The molecule has 0 spiro atoms. The molecule has 0 saturated heterocycles. The third kappa shape index (κ3) is 3.41. The molecule has 0 radical (unpaired) electrons. The molecule has 1 amide bonds. The summed E-state index contributed by atoms with van der Waals surface area (Å²) in [5.74, 6) is 5.04. The number of pyridine rings is 1. The molecule has 0 aliphatic heterocycles. The van der Waals surface area contributed by atoms with Gasteiger partial charge in [-0.2, -0.15) is 0 Å². The molecular weight excluding hydrogens is 240 g/mol. The molecule has 19 heavy (non-hydrogen) atoms. The summed E-state index contributed by atoms with van der Waals surface area (Å²) >= 11 is 0. The van der Waals surface area contributed by atoms with Crippen LogP contribution >= 0.6 is 0 Å². The summed E-state index contributed by atoms with van der Waals surface area (Å²) in [6.45, 7) is -0.238. The van der Waals surface area contributed by atoms with Crippen molar-refractivity contribution in [2.75, 3.05) is 11.9 Å². The number of aliphatic hydroxyl groups excluding tert-OH is 1. The standard InChI is InChI=1S/C15H12N2O2/c18-10-4-6-12-5-1-2-8-14(12)15(19)17-13-7-3-9-16-11-13/h1-3,5,7-9,11,18H,10H2,(H,17,19). The molecule has 1 aromatic heterocycles. The molecule has 94 valence electrons. The van der Waals surface area contributed by atoms with Crippen molar-refractivity contribution in [3.05, 3.63) is 59.9 Å². The van der Waals surface area contributed by atoms with Gasteiger partial charge in [0.2, 0.25) is 0 Å². The van der Waals surface area contributed by atoms with Gasteiger partial charge in [-0.3, -0.25) is 9.78 Å². The minimum Gasteiger partial charge on any atom is -0.384 e. The number of hydrogen-bond donors (Lipinski definition) is 2. The minimum atomic E-state index is -0.254. The van der Waals surface area contributed by atoms with Crippen molar-refractivity contribution in [1.29, 1.82) is 0 Å². The second-order valence-corrected chi connectivity index (χ2v) is 3.70. The van der Waals surface area contributed by atoms with Gasteiger partial charge in [-0.15, -0.1) is 0 Å². The summed E-state index contributed by atoms with van der Waals surface area (Å²) in [5.41, 5.74) is 1.67. The van der Waals surface area contributed by atoms with Gasteiger partial charge in [0.1, 0.15) is 6.61 Å². The molecule has 2 aromatic rings. The highest BCUT2D eigenvalue weighted by Gasteiger charge is 2.09. The van der Waals surface area contributed by atoms with E-state index in [-0.39, 0.29) is 12.5 Å². The van der Waals surface area contributed by atoms with Gasteiger partial charge in [-0.25, -0.2) is 0 Å². The van der Waals surface area contributed by atoms with Gasteiger partial charge >= 0.3 is 0 Å². The second-order valence-electron chi connectivity index (χ2n) is 3.70. The predicted molar refractivity (Wildman–Crippen MR) is 72.6 cm³/mol. The number of anilines is 1. The Balaban J connectivity index is 2.24. The van der Waals surface area contributed by atoms with Gasteiger partial charge in [-0.05, 0) is 24.3 Å². The molecule has 4 nitrogen and oxygen atoms in total. The van der Waals surface area contributed by atoms with E-state index in [1.807, 2.05) is 0 Å². The number of carbonyl (C=O) groups is 1. The zero-order chi connectivity index (χ0) is 13.5. The van der Waals surface area contributed by atoms with E-state index in [1.165, 1.54) is 0 Å². The molecule has 2 rings (SSSR count). The van der Waals surface area contributed by atoms with Crippen LogP contribution < -0.4 is 5.32 Å². The molecule has 0 aliphatic carbocycles. The topological polar surface area (TPSA) is 62.2 Å². The van der Waals surface area contributed by atoms with Crippen LogP contribution in [0.1, 0.15) is 15.9 Å². The highest BCUT2D eigenvalue weighted by Crippen LogP contribution is 2.11. The van der Waals surface area contributed by atoms with Crippen LogP contribution in [0.3, 0.4) is 0 Å². The summed E-state index contributed by atoms with van der Waals surface area (Å²) in [6, 6.07) is 10.5. The first-order chi connectivity index (χ1) is 9.31. The first-order valence-electron chi connectivity index (χ1n) is 5.71. The average molecular weight is 252 g/mol. The summed E-state index contributed by atoms with van der Waals surface area (Å²) in [6.07, 6.45) is 3.20. The fraction of sp³-hybridized carbons (Fsp3) is 0.0667. The average Bonchev–Trinajstić information content (AvgIpc) is 2.46. The molecule has 0 saturated carbocycles. The number of nitrogens with zero attached hydrogens (tertiary/aromatic N) is 1. The van der Waals surface area contributed by atoms with E-state index in [1.54, 1.807) is 48.8 Å². The summed E-state index contributed by atoms with van der Waals surface area (Å²) in [5, 5.41) is 11.5. The van der Waals surface area contributed by atoms with Crippen LogP contribution in [0.15, 0.2) is 48.8 Å². The summed E-state index contributed by atoms with van der Waals surface area (Å²) < 4.78 is 0. The lowest BCUT2D eigenvalue weighted by atomic mass is 10.1. The molecule has 1 heterocycles. The molecule has 0 fully saturated rings. The Morgan fingerprint density at radius 1 is 1.26 bits per heavy atom. The number of aliphatic hydroxyl groups is 1. The minimum absolute atomic E-state index is 0.238. The van der Waals surface area contributed by atoms with Crippen molar-refractivity contribution in [3.63, 3.8) is 0 Å². The quantitative estimate of drug-likeness (QED) is 0.799. The first-order valence-corrected chi connectivity index (χ1v) is 5.71. The smallest absolute Gasteiger partial charge is 0.256 e. The van der Waals surface area contributed by atoms with E-state index >= 15 is 0 Å². The van der Waals surface area contributed by atoms with Crippen molar-refractivity contribution in [2.24, 2.45) is 0 Å². The number of rotatable bonds is 2. The van der Waals surface area contributed by atoms with Gasteiger partial charge in [-0.1, -0.05) is 24.0 Å². The maximum absolute atomic E-state index is 12.1. The maximum atomic E-state index is 12.1. The summed E-state index contributed by atoms with van der Waals surface area (Å²) in [7, 11) is 0. The number of amides is 1. The number of nitrogens with one attached hydrogen (secondary N) is 1. The van der Waals surface area contributed by atoms with Crippen LogP contribution in [0, 0.1) is 11.8 Å². The molecule has 0 unspecified atom stereocenters. The molecule has 0 bridgehead atoms. The summed E-state index contributed by atoms with van der Waals surface area (Å²) in [4.78, 5) is 16.1. The highest BCUT2D eigenvalue weighted by atomic mass is 16.2. The largest absolute Gasteiger partial charge is 0.384 e. The van der Waals surface area contributed by atoms with E-state index in [2.05, 4.69) is 22.1 Å². The normalized spacial score (nSPS) is 9.32. The number of aromatic nitrogens is 1. The zero-order valence-corrected chi connectivity index (χ0v) is 10.1. The van der Waals surface area contributed by atoms with Crippen molar-refractivity contribution in [1.82, 2.24) is 4.98 Å². The number of hydrogen-bond acceptors (Lipinski definition) is 3. The van der Waals surface area contributed by atoms with Crippen LogP contribution in [0.25, 0.3) is 0 Å². The van der Waals surface area contributed by atoms with Gasteiger partial charge in [0, 0.05) is 11.8 Å². The third-order valence-corrected chi connectivity index (χ3v) is 2.39. The van der Waals surface area contributed by atoms with Crippen LogP contribution in [0.5, 0.6) is 0 Å². The van der Waals surface area contributed by atoms with Gasteiger partial charge in [0.25, 0.3) is 5.91 Å². The van der Waals surface area contributed by atoms with Crippen molar-refractivity contribution in [2.45, 2.75) is 0 Å². The predicted octanol–water partition coefficient (Wildman–Crippen LogP) is 1.68. The van der Waals surface area contributed by atoms with Crippen LogP contribution in [0.2, 0.25) is 0 Å². The van der Waals surface area contributed by atoms with Crippen molar-refractivity contribution in [3.8, 4) is 11.8 Å². The third-order valence-electron chi connectivity index (χ3n) is 2.39. The fourth-order valence-corrected chi connectivity index (χ4v) is 1.56. The van der Waals surface area contributed by atoms with E-state index in [0.717, 1.165) is 0 Å². The molecule has 0 atom stereocenters. The highest BCUT2D eigenvalue weighted by molar-refractivity contribution is 6.05. The van der Waals surface area contributed by atoms with E-state index in [9.17, 15) is 4.79 Å². The van der Waals surface area contributed by atoms with Crippen LogP contribution in [-0.4, -0.2) is 22.6 Å². The SMILES string of the molecule is O=C(Nc1cccnc1)c1ccccc1C#CCO. The Morgan fingerprint density at radius 3 is 2.84 bits per heavy atom. The Kier molecular flexibility index (Phi) is 4.27. The van der Waals surface area contributed by atoms with E-state index in [0.29, 0.717) is 16.8 Å². The van der Waals surface area contributed by atoms with E-state index in [4.69, 9.17) is 5.11 Å². The molecule has 2 N–H and O–H groups in total. The Labute approximate surface area is 111 Å². The van der Waals surface area contributed by atoms with Gasteiger partial charge in [0.15, 0.2) is 0 Å². The molecule has 4 heteroatoms. The van der Waals surface area contributed by atoms with Gasteiger partial charge in [0.05, 0.1) is 17.4 Å². The van der Waals surface area contributed by atoms with Gasteiger partial charge < -0.3 is 10.4 Å². The lowest BCUT2D eigenvalue weighted by molar-refractivity contribution is 0.102. The lowest BCUT2D eigenvalue weighted by Crippen LogP contribution is -2.13. The second kappa shape index (κ2) is 6.34. The molecular formula is C15H12N2O2. The Bertz CT molecular complexity index is 627. The number of benzene rings is 1. The number of carbonyl (C=O) groups excluding carboxylic acids is 1. The van der Waals surface area contributed by atoms with E-state index < -0.39 is 0 Å². The van der Waals surface area contributed by atoms with Crippen molar-refractivity contribution < 1.29 is 9.90 Å². The lowest BCUT2D eigenvalue weighted by Gasteiger charge is -2.06. The van der Waals surface area contributed by atoms with Crippen LogP contribution in [-0.2, 0) is 0 Å². The Hall–Kier alpha value is -2.64. The fourth-order valence-electron chi connectivity index (χ4n) is 1.56. The Morgan fingerprint density at radius 2 is 2.11 bits per heavy atom.